The largest absolute Gasteiger partial charge is 0.472 e. The van der Waals surface area contributed by atoms with Gasteiger partial charge in [0.2, 0.25) is 5.91 Å². The molecule has 2 atom stereocenters. The summed E-state index contributed by atoms with van der Waals surface area (Å²) in [4.78, 5) is 49.8. The fraction of sp³-hybridized carbons (Fsp3) is 0.844. The van der Waals surface area contributed by atoms with Gasteiger partial charge >= 0.3 is 19.8 Å². The van der Waals surface area contributed by atoms with Gasteiger partial charge in [-0.25, -0.2) is 4.57 Å². The van der Waals surface area contributed by atoms with Gasteiger partial charge in [0.1, 0.15) is 13.2 Å². The van der Waals surface area contributed by atoms with E-state index in [1.54, 1.807) is 0 Å². The van der Waals surface area contributed by atoms with Crippen LogP contribution in [-0.4, -0.2) is 75.0 Å². The SMILES string of the molecule is CCCCCCCC/C=C\CCCCCCCC(=O)OC[C@H](COP(=O)(O)OCCNC(=O)COCCN=[N+]=[N-])OC(=O)CCCCCCC/C=C\CCCCCCCC.N. The zero-order valence-corrected chi connectivity index (χ0v) is 39.1. The first-order valence-corrected chi connectivity index (χ1v) is 24.9. The maximum atomic E-state index is 12.7. The lowest BCUT2D eigenvalue weighted by Crippen LogP contribution is -2.31. The van der Waals surface area contributed by atoms with E-state index in [1.807, 2.05) is 0 Å². The number of phosphoric acid groups is 1. The van der Waals surface area contributed by atoms with Crippen LogP contribution in [0.5, 0.6) is 0 Å². The Morgan fingerprint density at radius 2 is 1.11 bits per heavy atom. The number of nitrogens with zero attached hydrogens (tertiary/aromatic N) is 3. The van der Waals surface area contributed by atoms with E-state index in [1.165, 1.54) is 77.0 Å². The summed E-state index contributed by atoms with van der Waals surface area (Å²) in [5.41, 5.74) is 8.25. The summed E-state index contributed by atoms with van der Waals surface area (Å²) >= 11 is 0. The van der Waals surface area contributed by atoms with E-state index in [2.05, 4.69) is 53.5 Å². The van der Waals surface area contributed by atoms with Gasteiger partial charge in [-0.1, -0.05) is 146 Å². The average Bonchev–Trinajstić information content (AvgIpc) is 3.23. The van der Waals surface area contributed by atoms with E-state index in [9.17, 15) is 23.8 Å². The van der Waals surface area contributed by atoms with Crippen molar-refractivity contribution in [1.29, 1.82) is 0 Å². The number of amides is 1. The zero-order valence-electron chi connectivity index (χ0n) is 38.3. The van der Waals surface area contributed by atoms with Crippen molar-refractivity contribution in [2.45, 2.75) is 200 Å². The van der Waals surface area contributed by atoms with E-state index in [0.717, 1.165) is 77.0 Å². The van der Waals surface area contributed by atoms with E-state index >= 15 is 0 Å². The Morgan fingerprint density at radius 3 is 1.61 bits per heavy atom. The predicted molar refractivity (Wildman–Crippen MR) is 244 cm³/mol. The van der Waals surface area contributed by atoms with Crippen LogP contribution in [-0.2, 0) is 42.2 Å². The number of allylic oxidation sites excluding steroid dienone is 4. The van der Waals surface area contributed by atoms with Crippen LogP contribution in [0.2, 0.25) is 0 Å². The Balaban J connectivity index is 0. The molecule has 0 aliphatic heterocycles. The minimum Gasteiger partial charge on any atom is -0.462 e. The monoisotopic (exact) mass is 888 g/mol. The van der Waals surface area contributed by atoms with Gasteiger partial charge < -0.3 is 30.6 Å². The van der Waals surface area contributed by atoms with Crippen molar-refractivity contribution in [3.05, 3.63) is 34.7 Å². The molecule has 0 saturated carbocycles. The van der Waals surface area contributed by atoms with Crippen LogP contribution in [0.1, 0.15) is 194 Å². The van der Waals surface area contributed by atoms with Crippen molar-refractivity contribution >= 4 is 25.7 Å². The first-order chi connectivity index (χ1) is 29.2. The fourth-order valence-electron chi connectivity index (χ4n) is 6.23. The Morgan fingerprint density at radius 1 is 0.656 bits per heavy atom. The highest BCUT2D eigenvalue weighted by atomic mass is 31.2. The average molecular weight is 888 g/mol. The van der Waals surface area contributed by atoms with Gasteiger partial charge in [0.15, 0.2) is 6.10 Å². The highest BCUT2D eigenvalue weighted by Gasteiger charge is 2.26. The molecule has 0 bridgehead atoms. The van der Waals surface area contributed by atoms with Crippen LogP contribution in [0.4, 0.5) is 0 Å². The van der Waals surface area contributed by atoms with E-state index in [-0.39, 0.29) is 58.5 Å². The molecule has 0 heterocycles. The molecule has 0 saturated heterocycles. The van der Waals surface area contributed by atoms with E-state index < -0.39 is 38.4 Å². The van der Waals surface area contributed by atoms with Crippen molar-refractivity contribution in [2.24, 2.45) is 5.11 Å². The third kappa shape index (κ3) is 46.6. The number of azide groups is 1. The fourth-order valence-corrected chi connectivity index (χ4v) is 6.98. The molecule has 356 valence electrons. The third-order valence-corrected chi connectivity index (χ3v) is 10.7. The molecular weight excluding hydrogens is 801 g/mol. The highest BCUT2D eigenvalue weighted by molar-refractivity contribution is 7.47. The molecule has 61 heavy (non-hydrogen) atoms. The lowest BCUT2D eigenvalue weighted by Gasteiger charge is -2.20. The zero-order chi connectivity index (χ0) is 44.0. The second-order valence-electron chi connectivity index (χ2n) is 15.4. The molecule has 0 aromatic rings. The van der Waals surface area contributed by atoms with Gasteiger partial charge in [-0.15, -0.1) is 0 Å². The van der Waals surface area contributed by atoms with E-state index in [4.69, 9.17) is 28.8 Å². The van der Waals surface area contributed by atoms with Gasteiger partial charge in [0.25, 0.3) is 0 Å². The maximum absolute atomic E-state index is 12.7. The smallest absolute Gasteiger partial charge is 0.462 e. The summed E-state index contributed by atoms with van der Waals surface area (Å²) in [6.45, 7) is 3.05. The Kier molecular flexibility index (Phi) is 46.2. The molecule has 0 spiro atoms. The van der Waals surface area contributed by atoms with Crippen LogP contribution in [0, 0.1) is 0 Å². The maximum Gasteiger partial charge on any atom is 0.472 e. The molecule has 0 aromatic heterocycles. The van der Waals surface area contributed by atoms with E-state index in [0.29, 0.717) is 12.8 Å². The van der Waals surface area contributed by atoms with Crippen LogP contribution in [0.3, 0.4) is 0 Å². The Hall–Kier alpha value is -2.77. The normalized spacial score (nSPS) is 12.8. The summed E-state index contributed by atoms with van der Waals surface area (Å²) < 4.78 is 38.5. The quantitative estimate of drug-likeness (QED) is 0.00990. The summed E-state index contributed by atoms with van der Waals surface area (Å²) in [6, 6.07) is 0. The number of esters is 2. The third-order valence-electron chi connectivity index (χ3n) is 9.75. The molecule has 16 heteroatoms. The van der Waals surface area contributed by atoms with Crippen molar-refractivity contribution in [3.8, 4) is 0 Å². The number of phosphoric ester groups is 1. The number of carbonyl (C=O) groups excluding carboxylic acids is 3. The summed E-state index contributed by atoms with van der Waals surface area (Å²) in [6.07, 6.45) is 38.2. The second-order valence-corrected chi connectivity index (χ2v) is 16.9. The molecular formula is C45H86N5O10P. The van der Waals surface area contributed by atoms with Crippen molar-refractivity contribution in [1.82, 2.24) is 11.5 Å². The number of hydrogen-bond donors (Lipinski definition) is 3. The lowest BCUT2D eigenvalue weighted by atomic mass is 10.1. The van der Waals surface area contributed by atoms with Crippen molar-refractivity contribution in [3.63, 3.8) is 0 Å². The van der Waals surface area contributed by atoms with Gasteiger partial charge in [0, 0.05) is 30.8 Å². The molecule has 0 radical (unpaired) electrons. The molecule has 0 aromatic carbocycles. The number of rotatable bonds is 45. The standard InChI is InChI=1S/C45H83N4O10P.H3N/c1-3-5-7-9-11-13-15-17-19-21-23-25-27-29-31-33-44(51)56-39-42(40-58-60(53,54)57-38-35-47-43(50)41-55-37-36-48-49-46)59-45(52)34-32-30-28-26-24-22-20-18-16-14-12-10-8-6-4-2;/h17-20,42H,3-16,21-41H2,1-2H3,(H,47,50)(H,53,54);1H3/b19-17-,20-18-;/t42-;/m1./s1. The van der Waals surface area contributed by atoms with Crippen molar-refractivity contribution < 1.29 is 47.1 Å². The minimum atomic E-state index is -4.60. The van der Waals surface area contributed by atoms with Crippen LogP contribution in [0.15, 0.2) is 29.4 Å². The summed E-state index contributed by atoms with van der Waals surface area (Å²) in [7, 11) is -4.60. The Bertz CT molecular complexity index is 1200. The predicted octanol–water partition coefficient (Wildman–Crippen LogP) is 12.3. The molecule has 0 rings (SSSR count). The number of unbranched alkanes of at least 4 members (excludes halogenated alkanes) is 22. The number of ether oxygens (including phenoxy) is 3. The lowest BCUT2D eigenvalue weighted by molar-refractivity contribution is -0.161. The van der Waals surface area contributed by atoms with Gasteiger partial charge in [-0.2, -0.15) is 0 Å². The van der Waals surface area contributed by atoms with Crippen LogP contribution < -0.4 is 11.5 Å². The second kappa shape index (κ2) is 46.7. The Labute approximate surface area is 369 Å². The minimum absolute atomic E-state index is 0. The highest BCUT2D eigenvalue weighted by Crippen LogP contribution is 2.43. The molecule has 5 N–H and O–H groups in total. The summed E-state index contributed by atoms with van der Waals surface area (Å²) in [5, 5.41) is 5.75. The number of carbonyl (C=O) groups is 3. The number of hydrogen-bond acceptors (Lipinski definition) is 11. The molecule has 0 fully saturated rings. The topological polar surface area (TPSA) is 230 Å². The van der Waals surface area contributed by atoms with Crippen LogP contribution >= 0.6 is 7.82 Å². The van der Waals surface area contributed by atoms with Gasteiger partial charge in [-0.05, 0) is 69.7 Å². The number of nitrogens with one attached hydrogen (secondary N) is 1. The molecule has 15 nitrogen and oxygen atoms in total. The van der Waals surface area contributed by atoms with Gasteiger partial charge in [-0.3, -0.25) is 23.4 Å². The molecule has 0 aliphatic carbocycles. The first-order valence-electron chi connectivity index (χ1n) is 23.4. The van der Waals surface area contributed by atoms with Crippen LogP contribution in [0.25, 0.3) is 10.4 Å². The molecule has 1 amide bonds. The molecule has 0 aliphatic rings. The molecule has 1 unspecified atom stereocenters. The first kappa shape index (κ1) is 60.3. The van der Waals surface area contributed by atoms with Crippen molar-refractivity contribution in [2.75, 3.05) is 46.1 Å². The van der Waals surface area contributed by atoms with Gasteiger partial charge in [0.05, 0.1) is 19.8 Å². The summed E-state index contributed by atoms with van der Waals surface area (Å²) in [5.74, 6) is -1.44.